The number of aryl methyl sites for hydroxylation is 2. The molecule has 0 saturated heterocycles. The van der Waals surface area contributed by atoms with Crippen molar-refractivity contribution < 1.29 is 20.1 Å². The third-order valence-corrected chi connectivity index (χ3v) is 5.70. The van der Waals surface area contributed by atoms with E-state index in [1.807, 2.05) is 18.3 Å². The van der Waals surface area contributed by atoms with Crippen molar-refractivity contribution in [3.63, 3.8) is 0 Å². The summed E-state index contributed by atoms with van der Waals surface area (Å²) in [5, 5.41) is 3.46. The number of hydrogen-bond donors (Lipinski definition) is 0. The van der Waals surface area contributed by atoms with Gasteiger partial charge < -0.3 is 4.40 Å². The predicted octanol–water partition coefficient (Wildman–Crippen LogP) is 5.73. The topological polar surface area (TPSA) is 30.2 Å². The molecule has 1 radical (unpaired) electrons. The van der Waals surface area contributed by atoms with Crippen LogP contribution >= 0.6 is 0 Å². The van der Waals surface area contributed by atoms with Gasteiger partial charge >= 0.3 is 0 Å². The first-order chi connectivity index (χ1) is 13.1. The average molecular weight is 543 g/mol. The van der Waals surface area contributed by atoms with Crippen LogP contribution in [0.2, 0.25) is 0 Å². The first-order valence-electron chi connectivity index (χ1n) is 9.21. The maximum absolute atomic E-state index is 4.83. The summed E-state index contributed by atoms with van der Waals surface area (Å²) < 4.78 is 2.28. The number of hydrogen-bond acceptors (Lipinski definition) is 2. The molecule has 3 aromatic heterocycles. The molecule has 5 rings (SSSR count). The first-order valence-corrected chi connectivity index (χ1v) is 9.21. The van der Waals surface area contributed by atoms with Gasteiger partial charge in [-0.05, 0) is 50.3 Å². The predicted molar refractivity (Wildman–Crippen MR) is 111 cm³/mol. The Hall–Kier alpha value is -2.55. The Morgan fingerprint density at radius 1 is 0.857 bits per heavy atom. The summed E-state index contributed by atoms with van der Waals surface area (Å²) in [6.45, 7) is 8.46. The van der Waals surface area contributed by atoms with Crippen molar-refractivity contribution in [2.75, 3.05) is 0 Å². The number of para-hydroxylation sites is 1. The van der Waals surface area contributed by atoms with Crippen LogP contribution in [0.25, 0.3) is 38.6 Å². The normalized spacial score (nSPS) is 11.3. The van der Waals surface area contributed by atoms with Gasteiger partial charge in [-0.15, -0.1) is 29.7 Å². The Bertz CT molecular complexity index is 1340. The number of benzene rings is 2. The van der Waals surface area contributed by atoms with Crippen molar-refractivity contribution in [1.82, 2.24) is 14.4 Å². The molecular weight excluding hydrogens is 523 g/mol. The zero-order valence-electron chi connectivity index (χ0n) is 16.3. The van der Waals surface area contributed by atoms with E-state index >= 15 is 0 Å². The van der Waals surface area contributed by atoms with Gasteiger partial charge in [0.05, 0.1) is 11.3 Å². The van der Waals surface area contributed by atoms with Crippen molar-refractivity contribution in [3.05, 3.63) is 77.2 Å². The van der Waals surface area contributed by atoms with Crippen LogP contribution in [0.3, 0.4) is 0 Å². The van der Waals surface area contributed by atoms with Crippen LogP contribution < -0.4 is 0 Å². The molecule has 0 aliphatic carbocycles. The van der Waals surface area contributed by atoms with Crippen LogP contribution in [-0.4, -0.2) is 14.4 Å². The second-order valence-electron chi connectivity index (χ2n) is 7.19. The number of aromatic nitrogens is 3. The molecule has 141 valence electrons. The van der Waals surface area contributed by atoms with Gasteiger partial charge in [-0.2, -0.15) is 0 Å². The molecule has 0 aliphatic heterocycles. The van der Waals surface area contributed by atoms with Crippen molar-refractivity contribution in [3.8, 4) is 11.3 Å². The van der Waals surface area contributed by atoms with Crippen molar-refractivity contribution in [2.24, 2.45) is 0 Å². The van der Waals surface area contributed by atoms with Gasteiger partial charge in [0.1, 0.15) is 0 Å². The summed E-state index contributed by atoms with van der Waals surface area (Å²) in [7, 11) is 0. The van der Waals surface area contributed by atoms with Crippen LogP contribution in [-0.2, 0) is 20.1 Å². The molecule has 3 nitrogen and oxygen atoms in total. The maximum atomic E-state index is 4.83. The second kappa shape index (κ2) is 6.80. The molecule has 0 spiro atoms. The molecule has 0 fully saturated rings. The van der Waals surface area contributed by atoms with Crippen LogP contribution in [0.4, 0.5) is 0 Å². The molecule has 3 heterocycles. The summed E-state index contributed by atoms with van der Waals surface area (Å²) in [5.74, 6) is 0. The van der Waals surface area contributed by atoms with E-state index in [9.17, 15) is 0 Å². The molecule has 2 aromatic carbocycles. The van der Waals surface area contributed by atoms with E-state index in [1.54, 1.807) is 0 Å². The maximum Gasteiger partial charge on any atom is 0.0640 e. The van der Waals surface area contributed by atoms with Crippen LogP contribution in [0.1, 0.15) is 22.5 Å². The van der Waals surface area contributed by atoms with Gasteiger partial charge in [-0.1, -0.05) is 23.6 Å². The zero-order chi connectivity index (χ0) is 18.7. The number of imidazole rings is 1. The summed E-state index contributed by atoms with van der Waals surface area (Å²) in [4.78, 5) is 9.53. The largest absolute Gasteiger partial charge is 0.333 e. The van der Waals surface area contributed by atoms with Gasteiger partial charge in [0.25, 0.3) is 0 Å². The Morgan fingerprint density at radius 3 is 2.29 bits per heavy atom. The monoisotopic (exact) mass is 543 g/mol. The van der Waals surface area contributed by atoms with Gasteiger partial charge in [0.2, 0.25) is 0 Å². The summed E-state index contributed by atoms with van der Waals surface area (Å²) >= 11 is 0. The van der Waals surface area contributed by atoms with E-state index in [4.69, 9.17) is 9.97 Å². The Balaban J connectivity index is 0.00000192. The molecule has 0 amide bonds. The van der Waals surface area contributed by atoms with Gasteiger partial charge in [-0.25, -0.2) is 0 Å². The van der Waals surface area contributed by atoms with Crippen molar-refractivity contribution in [1.29, 1.82) is 0 Å². The van der Waals surface area contributed by atoms with Crippen molar-refractivity contribution in [2.45, 2.75) is 27.7 Å². The number of rotatable bonds is 1. The van der Waals surface area contributed by atoms with E-state index in [1.165, 1.54) is 27.5 Å². The quantitative estimate of drug-likeness (QED) is 0.200. The van der Waals surface area contributed by atoms with E-state index in [2.05, 4.69) is 68.5 Å². The van der Waals surface area contributed by atoms with Gasteiger partial charge in [0, 0.05) is 48.8 Å². The van der Waals surface area contributed by atoms with Crippen LogP contribution in [0.15, 0.2) is 48.7 Å². The fourth-order valence-electron chi connectivity index (χ4n) is 4.14. The number of nitrogens with zero attached hydrogens (tertiary/aromatic N) is 3. The first kappa shape index (κ1) is 18.8. The fourth-order valence-corrected chi connectivity index (χ4v) is 4.14. The molecule has 0 unspecified atom stereocenters. The third kappa shape index (κ3) is 2.52. The minimum Gasteiger partial charge on any atom is -0.333 e. The standard InChI is InChI=1S/C24H20N3.Ir/c1-14-16(3)26-17(4)15(2)23(14)22-13-25-24-20-11-6-5-9-18(20)19-10-7-8-12-21(19)27(22)24;/h5-10,12-13H,1-4H3;/q-1;. The third-order valence-electron chi connectivity index (χ3n) is 5.70. The van der Waals surface area contributed by atoms with E-state index < -0.39 is 0 Å². The van der Waals surface area contributed by atoms with E-state index in [0.717, 1.165) is 33.6 Å². The second-order valence-corrected chi connectivity index (χ2v) is 7.19. The van der Waals surface area contributed by atoms with Gasteiger partial charge in [-0.3, -0.25) is 9.97 Å². The van der Waals surface area contributed by atoms with E-state index in [0.29, 0.717) is 0 Å². The summed E-state index contributed by atoms with van der Waals surface area (Å²) in [5.41, 5.74) is 9.02. The molecule has 4 heteroatoms. The Labute approximate surface area is 177 Å². The number of pyridine rings is 2. The molecule has 0 saturated carbocycles. The summed E-state index contributed by atoms with van der Waals surface area (Å²) in [6.07, 6.45) is 2.00. The molecule has 0 atom stereocenters. The minimum atomic E-state index is 0. The molecule has 0 bridgehead atoms. The smallest absolute Gasteiger partial charge is 0.0640 e. The van der Waals surface area contributed by atoms with Crippen molar-refractivity contribution >= 4 is 27.3 Å². The number of fused-ring (bicyclic) bond motifs is 6. The molecule has 0 N–H and O–H groups in total. The SMILES string of the molecule is Cc1nc(C)c(C)c(-c2cnc3c4[c-]cccc4c4ccccc4n23)c1C.[Ir]. The fraction of sp³-hybridized carbons (Fsp3) is 0.167. The minimum absolute atomic E-state index is 0. The Morgan fingerprint density at radius 2 is 1.54 bits per heavy atom. The zero-order valence-corrected chi connectivity index (χ0v) is 18.7. The average Bonchev–Trinajstić information content (AvgIpc) is 3.12. The molecule has 5 aromatic rings. The summed E-state index contributed by atoms with van der Waals surface area (Å²) in [6, 6.07) is 18.1. The van der Waals surface area contributed by atoms with E-state index in [-0.39, 0.29) is 20.1 Å². The van der Waals surface area contributed by atoms with Gasteiger partial charge in [0.15, 0.2) is 0 Å². The molecular formula is C24H20IrN3-. The molecule has 0 aliphatic rings. The Kier molecular flexibility index (Phi) is 4.57. The van der Waals surface area contributed by atoms with Crippen LogP contribution in [0, 0.1) is 33.8 Å². The van der Waals surface area contributed by atoms with Crippen LogP contribution in [0.5, 0.6) is 0 Å². The molecule has 28 heavy (non-hydrogen) atoms.